The van der Waals surface area contributed by atoms with Crippen molar-refractivity contribution in [3.63, 3.8) is 0 Å². The van der Waals surface area contributed by atoms with Crippen molar-refractivity contribution in [2.75, 3.05) is 39.7 Å². The maximum absolute atomic E-state index is 12.4. The average molecular weight is 435 g/mol. The average Bonchev–Trinajstić information content (AvgIpc) is 3.45. The van der Waals surface area contributed by atoms with Gasteiger partial charge in [0, 0.05) is 57.2 Å². The van der Waals surface area contributed by atoms with Gasteiger partial charge in [-0.05, 0) is 18.6 Å². The number of methoxy groups -OCH3 is 1. The molecule has 1 aliphatic heterocycles. The zero-order valence-electron chi connectivity index (χ0n) is 18.2. The first-order valence-corrected chi connectivity index (χ1v) is 10.5. The molecule has 166 valence electrons. The van der Waals surface area contributed by atoms with E-state index in [0.717, 1.165) is 34.5 Å². The lowest BCUT2D eigenvalue weighted by atomic mass is 10.1. The maximum atomic E-state index is 12.4. The van der Waals surface area contributed by atoms with Gasteiger partial charge < -0.3 is 24.7 Å². The van der Waals surface area contributed by atoms with E-state index in [1.807, 2.05) is 25.2 Å². The second kappa shape index (κ2) is 8.21. The van der Waals surface area contributed by atoms with Crippen molar-refractivity contribution >= 4 is 28.4 Å². The van der Waals surface area contributed by atoms with E-state index in [4.69, 9.17) is 14.5 Å². The predicted octanol–water partition coefficient (Wildman–Crippen LogP) is 2.12. The summed E-state index contributed by atoms with van der Waals surface area (Å²) >= 11 is 0. The minimum Gasteiger partial charge on any atom is -0.379 e. The topological polar surface area (TPSA) is 108 Å². The van der Waals surface area contributed by atoms with E-state index in [0.29, 0.717) is 24.4 Å². The highest BCUT2D eigenvalue weighted by Crippen LogP contribution is 2.35. The summed E-state index contributed by atoms with van der Waals surface area (Å²) < 4.78 is 15.1. The lowest BCUT2D eigenvalue weighted by molar-refractivity contribution is -0.0592. The highest BCUT2D eigenvalue weighted by atomic mass is 16.5. The highest BCUT2D eigenvalue weighted by molar-refractivity contribution is 6.00. The van der Waals surface area contributed by atoms with E-state index >= 15 is 0 Å². The summed E-state index contributed by atoms with van der Waals surface area (Å²) in [6.45, 7) is 1.22. The van der Waals surface area contributed by atoms with Crippen molar-refractivity contribution in [2.24, 2.45) is 0 Å². The van der Waals surface area contributed by atoms with Gasteiger partial charge in [-0.3, -0.25) is 4.79 Å². The van der Waals surface area contributed by atoms with Crippen LogP contribution in [0.4, 0.5) is 5.82 Å². The molecule has 10 nitrogen and oxygen atoms in total. The number of rotatable bonds is 5. The quantitative estimate of drug-likeness (QED) is 0.494. The van der Waals surface area contributed by atoms with E-state index in [1.165, 1.54) is 6.20 Å². The highest BCUT2D eigenvalue weighted by Gasteiger charge is 2.29. The summed E-state index contributed by atoms with van der Waals surface area (Å²) in [6, 6.07) is 5.98. The molecule has 0 aromatic carbocycles. The Hall–Kier alpha value is -3.50. The first kappa shape index (κ1) is 20.4. The number of amides is 1. The Bertz CT molecular complexity index is 1300. The molecule has 0 aliphatic carbocycles. The van der Waals surface area contributed by atoms with E-state index in [2.05, 4.69) is 31.5 Å². The fourth-order valence-electron chi connectivity index (χ4n) is 4.36. The number of fused-ring (bicyclic) bond motifs is 2. The van der Waals surface area contributed by atoms with Crippen LogP contribution in [0.15, 0.2) is 36.8 Å². The van der Waals surface area contributed by atoms with Gasteiger partial charge in [0.05, 0.1) is 24.5 Å². The molecule has 0 unspecified atom stereocenters. The number of carbonyl (C=O) groups excluding carboxylic acids is 1. The summed E-state index contributed by atoms with van der Waals surface area (Å²) in [6.07, 6.45) is 6.17. The normalized spacial score (nSPS) is 18.8. The molecule has 2 N–H and O–H groups in total. The van der Waals surface area contributed by atoms with Crippen molar-refractivity contribution in [3.05, 3.63) is 42.4 Å². The third kappa shape index (κ3) is 3.19. The second-order valence-electron chi connectivity index (χ2n) is 7.68. The number of ether oxygens (including phenoxy) is 2. The number of nitrogens with zero attached hydrogens (tertiary/aromatic N) is 5. The van der Waals surface area contributed by atoms with Crippen LogP contribution in [0.2, 0.25) is 0 Å². The van der Waals surface area contributed by atoms with Crippen LogP contribution in [-0.2, 0) is 9.47 Å². The summed E-state index contributed by atoms with van der Waals surface area (Å²) in [5.74, 6) is 0.492. The first-order chi connectivity index (χ1) is 15.7. The maximum Gasteiger partial charge on any atom is 0.256 e. The molecule has 0 saturated carbocycles. The Morgan fingerprint density at radius 2 is 2.19 bits per heavy atom. The van der Waals surface area contributed by atoms with Crippen molar-refractivity contribution in [3.8, 4) is 11.3 Å². The molecule has 1 fully saturated rings. The second-order valence-corrected chi connectivity index (χ2v) is 7.68. The molecule has 4 aromatic rings. The molecule has 1 amide bonds. The number of anilines is 1. The van der Waals surface area contributed by atoms with Crippen LogP contribution in [0, 0.1) is 0 Å². The Morgan fingerprint density at radius 1 is 1.31 bits per heavy atom. The zero-order chi connectivity index (χ0) is 22.2. The number of hydrogen-bond acceptors (Lipinski definition) is 7. The number of nitrogens with one attached hydrogen (secondary N) is 2. The largest absolute Gasteiger partial charge is 0.379 e. The Kier molecular flexibility index (Phi) is 5.24. The number of carbonyl (C=O) groups is 1. The van der Waals surface area contributed by atoms with Crippen LogP contribution in [-0.4, -0.2) is 70.6 Å². The molecule has 32 heavy (non-hydrogen) atoms. The number of hydrogen-bond donors (Lipinski definition) is 2. The number of pyridine rings is 1. The fourth-order valence-corrected chi connectivity index (χ4v) is 4.36. The molecular formula is C22H25N7O3. The van der Waals surface area contributed by atoms with Crippen LogP contribution in [0.3, 0.4) is 0 Å². The Morgan fingerprint density at radius 3 is 2.97 bits per heavy atom. The zero-order valence-corrected chi connectivity index (χ0v) is 18.2. The molecule has 2 atom stereocenters. The monoisotopic (exact) mass is 435 g/mol. The third-order valence-electron chi connectivity index (χ3n) is 5.99. The molecule has 1 aliphatic rings. The van der Waals surface area contributed by atoms with Crippen LogP contribution >= 0.6 is 0 Å². The molecule has 5 rings (SSSR count). The van der Waals surface area contributed by atoms with Gasteiger partial charge in [0.1, 0.15) is 23.1 Å². The van der Waals surface area contributed by atoms with E-state index in [9.17, 15) is 4.79 Å². The third-order valence-corrected chi connectivity index (χ3v) is 5.99. The molecule has 10 heteroatoms. The Labute approximate surface area is 184 Å². The lowest BCUT2D eigenvalue weighted by Crippen LogP contribution is -2.35. The van der Waals surface area contributed by atoms with Crippen molar-refractivity contribution in [2.45, 2.75) is 18.6 Å². The smallest absolute Gasteiger partial charge is 0.256 e. The van der Waals surface area contributed by atoms with E-state index < -0.39 is 0 Å². The fraction of sp³-hybridized carbons (Fsp3) is 0.364. The van der Waals surface area contributed by atoms with Crippen LogP contribution < -0.4 is 10.6 Å². The van der Waals surface area contributed by atoms with Crippen molar-refractivity contribution in [1.29, 1.82) is 0 Å². The SMILES string of the molecule is CNC(=O)c1cnn2c(NC)cc(-c3cn([C@H]4CCOC[C@@H]4OC)c4ncccc34)nc12. The van der Waals surface area contributed by atoms with Gasteiger partial charge in [0.2, 0.25) is 0 Å². The lowest BCUT2D eigenvalue weighted by Gasteiger charge is -2.31. The standard InChI is InChI=1S/C22H25N7O3/c1-23-19-9-16(27-21-14(22(30)24-2)10-26-29(19)21)15-11-28(20-13(15)5-4-7-25-20)17-6-8-32-12-18(17)31-3/h4-5,7,9-11,17-18,23H,6,8,12H2,1-3H3,(H,24,30)/t17-,18-/m0/s1. The van der Waals surface area contributed by atoms with Gasteiger partial charge in [-0.1, -0.05) is 0 Å². The summed E-state index contributed by atoms with van der Waals surface area (Å²) in [5, 5.41) is 11.1. The van der Waals surface area contributed by atoms with Gasteiger partial charge in [-0.15, -0.1) is 0 Å². The predicted molar refractivity (Wildman–Crippen MR) is 120 cm³/mol. The van der Waals surface area contributed by atoms with Gasteiger partial charge in [-0.2, -0.15) is 9.61 Å². The molecule has 5 heterocycles. The van der Waals surface area contributed by atoms with Crippen LogP contribution in [0.5, 0.6) is 0 Å². The summed E-state index contributed by atoms with van der Waals surface area (Å²) in [5.41, 5.74) is 3.42. The Balaban J connectivity index is 1.72. The molecule has 0 spiro atoms. The van der Waals surface area contributed by atoms with Gasteiger partial charge in [0.15, 0.2) is 5.65 Å². The van der Waals surface area contributed by atoms with Crippen molar-refractivity contribution < 1.29 is 14.3 Å². The molecule has 0 radical (unpaired) electrons. The molecule has 0 bridgehead atoms. The minimum absolute atomic E-state index is 0.0628. The van der Waals surface area contributed by atoms with Crippen LogP contribution in [0.1, 0.15) is 22.8 Å². The minimum atomic E-state index is -0.235. The van der Waals surface area contributed by atoms with Gasteiger partial charge >= 0.3 is 0 Å². The van der Waals surface area contributed by atoms with Crippen molar-refractivity contribution in [1.82, 2.24) is 29.5 Å². The van der Waals surface area contributed by atoms with Gasteiger partial charge in [-0.25, -0.2) is 9.97 Å². The van der Waals surface area contributed by atoms with E-state index in [-0.39, 0.29) is 18.1 Å². The molecule has 1 saturated heterocycles. The summed E-state index contributed by atoms with van der Waals surface area (Å²) in [4.78, 5) is 21.9. The summed E-state index contributed by atoms with van der Waals surface area (Å²) in [7, 11) is 5.12. The first-order valence-electron chi connectivity index (χ1n) is 10.5. The van der Waals surface area contributed by atoms with Crippen LogP contribution in [0.25, 0.3) is 27.9 Å². The van der Waals surface area contributed by atoms with E-state index in [1.54, 1.807) is 24.9 Å². The molecular weight excluding hydrogens is 410 g/mol. The number of aromatic nitrogens is 5. The molecule has 4 aromatic heterocycles. The van der Waals surface area contributed by atoms with Gasteiger partial charge in [0.25, 0.3) is 5.91 Å².